The third-order valence-corrected chi connectivity index (χ3v) is 6.80. The van der Waals surface area contributed by atoms with Crippen molar-refractivity contribution in [3.05, 3.63) is 102 Å². The van der Waals surface area contributed by atoms with Gasteiger partial charge >= 0.3 is 6.18 Å². The summed E-state index contributed by atoms with van der Waals surface area (Å²) in [5, 5.41) is 3.82. The molecule has 1 amide bonds. The molecule has 11 heteroatoms. The van der Waals surface area contributed by atoms with Crippen LogP contribution in [0.15, 0.2) is 95.4 Å². The van der Waals surface area contributed by atoms with Crippen molar-refractivity contribution in [2.45, 2.75) is 18.0 Å². The summed E-state index contributed by atoms with van der Waals surface area (Å²) in [4.78, 5) is 12.4. The number of rotatable bonds is 10. The van der Waals surface area contributed by atoms with Crippen molar-refractivity contribution in [1.29, 1.82) is 0 Å². The second-order valence-electron chi connectivity index (χ2n) is 7.83. The predicted octanol–water partition coefficient (Wildman–Crippen LogP) is 4.92. The number of nitrogens with zero attached hydrogens (tertiary/aromatic N) is 2. The van der Waals surface area contributed by atoms with Gasteiger partial charge in [0.05, 0.1) is 22.4 Å². The fourth-order valence-corrected chi connectivity index (χ4v) is 4.55. The van der Waals surface area contributed by atoms with Gasteiger partial charge in [-0.3, -0.25) is 9.10 Å². The van der Waals surface area contributed by atoms with Crippen molar-refractivity contribution in [1.82, 2.24) is 5.43 Å². The monoisotopic (exact) mass is 531 g/mol. The molecule has 7 nitrogen and oxygen atoms in total. The Hall–Kier alpha value is -4.12. The number of halogens is 3. The molecular weight excluding hydrogens is 507 g/mol. The standard InChI is InChI=1S/C26H24F3N3O4S/c1-3-15-36-23-11-9-20(10-12-23)17-30-31-25(33)18-32(22-6-4-5-21(16-22)26(27,28)29)37(34,35)24-13-7-19(2)8-14-24/h3-14,16-17H,1,15,18H2,2H3,(H,31,33)/b30-17-. The Balaban J connectivity index is 1.83. The molecule has 194 valence electrons. The Morgan fingerprint density at radius 2 is 1.76 bits per heavy atom. The van der Waals surface area contributed by atoms with Crippen molar-refractivity contribution in [2.75, 3.05) is 17.5 Å². The quantitative estimate of drug-likeness (QED) is 0.228. The van der Waals surface area contributed by atoms with E-state index in [1.807, 2.05) is 0 Å². The Morgan fingerprint density at radius 3 is 2.38 bits per heavy atom. The zero-order valence-electron chi connectivity index (χ0n) is 19.8. The Morgan fingerprint density at radius 1 is 1.08 bits per heavy atom. The summed E-state index contributed by atoms with van der Waals surface area (Å²) in [6, 6.07) is 16.3. The average Bonchev–Trinajstić information content (AvgIpc) is 2.86. The van der Waals surface area contributed by atoms with Gasteiger partial charge in [-0.25, -0.2) is 13.8 Å². The fraction of sp³-hybridized carbons (Fsp3) is 0.154. The van der Waals surface area contributed by atoms with Crippen LogP contribution in [0.3, 0.4) is 0 Å². The van der Waals surface area contributed by atoms with E-state index in [-0.39, 0.29) is 10.6 Å². The van der Waals surface area contributed by atoms with E-state index in [0.29, 0.717) is 28.3 Å². The van der Waals surface area contributed by atoms with Crippen LogP contribution in [0.5, 0.6) is 5.75 Å². The summed E-state index contributed by atoms with van der Waals surface area (Å²) in [6.45, 7) is 4.86. The van der Waals surface area contributed by atoms with Crippen LogP contribution in [0.4, 0.5) is 18.9 Å². The van der Waals surface area contributed by atoms with Crippen LogP contribution in [0, 0.1) is 6.92 Å². The number of hydrazone groups is 1. The molecule has 0 fully saturated rings. The Kier molecular flexibility index (Phi) is 8.72. The zero-order chi connectivity index (χ0) is 27.1. The van der Waals surface area contributed by atoms with Gasteiger partial charge in [0.1, 0.15) is 18.9 Å². The van der Waals surface area contributed by atoms with Crippen LogP contribution in [-0.4, -0.2) is 33.7 Å². The summed E-state index contributed by atoms with van der Waals surface area (Å²) in [7, 11) is -4.39. The summed E-state index contributed by atoms with van der Waals surface area (Å²) >= 11 is 0. The summed E-state index contributed by atoms with van der Waals surface area (Å²) in [5.74, 6) is -0.241. The molecule has 3 aromatic rings. The van der Waals surface area contributed by atoms with E-state index in [0.717, 1.165) is 17.7 Å². The third-order valence-electron chi connectivity index (χ3n) is 5.01. The third kappa shape index (κ3) is 7.43. The van der Waals surface area contributed by atoms with E-state index in [1.54, 1.807) is 49.4 Å². The van der Waals surface area contributed by atoms with E-state index in [1.165, 1.54) is 24.4 Å². The zero-order valence-corrected chi connectivity index (χ0v) is 20.6. The highest BCUT2D eigenvalue weighted by Crippen LogP contribution is 2.33. The van der Waals surface area contributed by atoms with Crippen molar-refractivity contribution in [3.8, 4) is 5.75 Å². The summed E-state index contributed by atoms with van der Waals surface area (Å²) in [5.41, 5.74) is 2.26. The molecule has 3 aromatic carbocycles. The van der Waals surface area contributed by atoms with Crippen LogP contribution in [-0.2, 0) is 21.0 Å². The maximum Gasteiger partial charge on any atom is 0.416 e. The minimum atomic E-state index is -4.70. The van der Waals surface area contributed by atoms with Gasteiger partial charge in [0.15, 0.2) is 0 Å². The summed E-state index contributed by atoms with van der Waals surface area (Å²) < 4.78 is 72.6. The number of benzene rings is 3. The number of carbonyl (C=O) groups excluding carboxylic acids is 1. The van der Waals surface area contributed by atoms with Crippen molar-refractivity contribution < 1.29 is 31.1 Å². The number of ether oxygens (including phenoxy) is 1. The molecule has 0 aliphatic rings. The van der Waals surface area contributed by atoms with E-state index in [2.05, 4.69) is 17.1 Å². The molecule has 0 aliphatic heterocycles. The predicted molar refractivity (Wildman–Crippen MR) is 135 cm³/mol. The summed E-state index contributed by atoms with van der Waals surface area (Å²) in [6.07, 6.45) is -1.76. The van der Waals surface area contributed by atoms with Crippen LogP contribution < -0.4 is 14.5 Å². The number of hydrogen-bond donors (Lipinski definition) is 1. The number of amides is 1. The van der Waals surface area contributed by atoms with Gasteiger partial charge in [-0.2, -0.15) is 18.3 Å². The first-order chi connectivity index (χ1) is 17.5. The highest BCUT2D eigenvalue weighted by molar-refractivity contribution is 7.92. The molecule has 0 bridgehead atoms. The van der Waals surface area contributed by atoms with Gasteiger partial charge in [-0.05, 0) is 67.1 Å². The van der Waals surface area contributed by atoms with Gasteiger partial charge in [0.25, 0.3) is 15.9 Å². The molecular formula is C26H24F3N3O4S. The van der Waals surface area contributed by atoms with Crippen molar-refractivity contribution >= 4 is 27.8 Å². The van der Waals surface area contributed by atoms with E-state index in [4.69, 9.17) is 4.74 Å². The SMILES string of the molecule is C=CCOc1ccc(/C=N\NC(=O)CN(c2cccc(C(F)(F)F)c2)S(=O)(=O)c2ccc(C)cc2)cc1. The maximum absolute atomic E-state index is 13.4. The highest BCUT2D eigenvalue weighted by Gasteiger charge is 2.33. The van der Waals surface area contributed by atoms with Crippen LogP contribution in [0.2, 0.25) is 0 Å². The topological polar surface area (TPSA) is 88.1 Å². The Bertz CT molecular complexity index is 1370. The first-order valence-electron chi connectivity index (χ1n) is 10.9. The molecule has 3 rings (SSSR count). The lowest BCUT2D eigenvalue weighted by Crippen LogP contribution is -2.39. The highest BCUT2D eigenvalue weighted by atomic mass is 32.2. The van der Waals surface area contributed by atoms with Gasteiger partial charge in [0.2, 0.25) is 0 Å². The maximum atomic E-state index is 13.4. The van der Waals surface area contributed by atoms with Gasteiger partial charge < -0.3 is 4.74 Å². The molecule has 0 radical (unpaired) electrons. The molecule has 0 aromatic heterocycles. The molecule has 0 saturated carbocycles. The smallest absolute Gasteiger partial charge is 0.416 e. The number of sulfonamides is 1. The van der Waals surface area contributed by atoms with Crippen LogP contribution in [0.25, 0.3) is 0 Å². The molecule has 0 heterocycles. The average molecular weight is 532 g/mol. The number of alkyl halides is 3. The second-order valence-corrected chi connectivity index (χ2v) is 9.70. The normalized spacial score (nSPS) is 11.8. The van der Waals surface area contributed by atoms with Crippen molar-refractivity contribution in [3.63, 3.8) is 0 Å². The molecule has 37 heavy (non-hydrogen) atoms. The molecule has 1 N–H and O–H groups in total. The molecule has 0 saturated heterocycles. The second kappa shape index (κ2) is 11.7. The van der Waals surface area contributed by atoms with Crippen LogP contribution in [0.1, 0.15) is 16.7 Å². The van der Waals surface area contributed by atoms with Gasteiger partial charge in [-0.1, -0.05) is 36.4 Å². The van der Waals surface area contributed by atoms with E-state index >= 15 is 0 Å². The molecule has 0 aliphatic carbocycles. The largest absolute Gasteiger partial charge is 0.490 e. The van der Waals surface area contributed by atoms with E-state index in [9.17, 15) is 26.4 Å². The molecule has 0 atom stereocenters. The molecule has 0 spiro atoms. The lowest BCUT2D eigenvalue weighted by Gasteiger charge is -2.24. The van der Waals surface area contributed by atoms with Gasteiger partial charge in [-0.15, -0.1) is 0 Å². The number of hydrogen-bond acceptors (Lipinski definition) is 5. The fourth-order valence-electron chi connectivity index (χ4n) is 3.14. The first-order valence-corrected chi connectivity index (χ1v) is 12.4. The number of anilines is 1. The first kappa shape index (κ1) is 27.5. The number of aryl methyl sites for hydroxylation is 1. The molecule has 0 unspecified atom stereocenters. The number of carbonyl (C=O) groups is 1. The number of nitrogens with one attached hydrogen (secondary N) is 1. The Labute approximate surface area is 212 Å². The van der Waals surface area contributed by atoms with Gasteiger partial charge in [0, 0.05) is 0 Å². The lowest BCUT2D eigenvalue weighted by molar-refractivity contribution is -0.137. The van der Waals surface area contributed by atoms with E-state index < -0.39 is 34.2 Å². The minimum Gasteiger partial charge on any atom is -0.490 e. The van der Waals surface area contributed by atoms with Crippen molar-refractivity contribution in [2.24, 2.45) is 5.10 Å². The lowest BCUT2D eigenvalue weighted by atomic mass is 10.2. The van der Waals surface area contributed by atoms with Crippen LogP contribution >= 0.6 is 0 Å². The minimum absolute atomic E-state index is 0.175.